The van der Waals surface area contributed by atoms with Gasteiger partial charge in [-0.3, -0.25) is 4.79 Å². The van der Waals surface area contributed by atoms with Gasteiger partial charge in [0.25, 0.3) is 0 Å². The van der Waals surface area contributed by atoms with Gasteiger partial charge < -0.3 is 9.84 Å². The van der Waals surface area contributed by atoms with Crippen molar-refractivity contribution in [2.45, 2.75) is 12.7 Å². The normalized spacial score (nSPS) is 12.1. The second-order valence-electron chi connectivity index (χ2n) is 3.61. The Hall–Kier alpha value is -1.16. The van der Waals surface area contributed by atoms with Gasteiger partial charge in [0, 0.05) is 11.5 Å². The second-order valence-corrected chi connectivity index (χ2v) is 4.64. The highest BCUT2D eigenvalue weighted by atomic mass is 32.2. The third-order valence-electron chi connectivity index (χ3n) is 2.18. The van der Waals surface area contributed by atoms with E-state index in [9.17, 15) is 4.79 Å². The van der Waals surface area contributed by atoms with Crippen molar-refractivity contribution in [3.63, 3.8) is 0 Å². The van der Waals surface area contributed by atoms with Gasteiger partial charge in [0.1, 0.15) is 5.75 Å². The smallest absolute Gasteiger partial charge is 0.309 e. The Labute approximate surface area is 99.8 Å². The summed E-state index contributed by atoms with van der Waals surface area (Å²) < 4.78 is 4.65. The Morgan fingerprint density at radius 2 is 2.06 bits per heavy atom. The maximum Gasteiger partial charge on any atom is 0.309 e. The van der Waals surface area contributed by atoms with Gasteiger partial charge in [-0.25, -0.2) is 0 Å². The van der Waals surface area contributed by atoms with Crippen molar-refractivity contribution in [1.82, 2.24) is 0 Å². The Bertz CT molecular complexity index is 335. The molecule has 0 aliphatic heterocycles. The number of phenols is 1. The first kappa shape index (κ1) is 12.9. The molecule has 0 aromatic heterocycles. The van der Waals surface area contributed by atoms with Crippen LogP contribution in [-0.4, -0.2) is 23.9 Å². The molecule has 0 aliphatic carbocycles. The number of methoxy groups -OCH3 is 1. The average molecular weight is 240 g/mol. The molecule has 0 amide bonds. The fourth-order valence-corrected chi connectivity index (χ4v) is 2.25. The van der Waals surface area contributed by atoms with Crippen molar-refractivity contribution >= 4 is 17.7 Å². The van der Waals surface area contributed by atoms with Gasteiger partial charge in [-0.2, -0.15) is 11.8 Å². The summed E-state index contributed by atoms with van der Waals surface area (Å²) in [4.78, 5) is 11.1. The van der Waals surface area contributed by atoms with Crippen LogP contribution in [0.15, 0.2) is 24.3 Å². The van der Waals surface area contributed by atoms with E-state index in [1.54, 1.807) is 23.9 Å². The van der Waals surface area contributed by atoms with E-state index < -0.39 is 0 Å². The zero-order valence-electron chi connectivity index (χ0n) is 9.47. The third-order valence-corrected chi connectivity index (χ3v) is 3.45. The molecule has 0 spiro atoms. The van der Waals surface area contributed by atoms with E-state index in [4.69, 9.17) is 5.11 Å². The molecule has 0 saturated carbocycles. The molecule has 0 radical (unpaired) electrons. The van der Waals surface area contributed by atoms with E-state index >= 15 is 0 Å². The highest BCUT2D eigenvalue weighted by molar-refractivity contribution is 7.98. The van der Waals surface area contributed by atoms with Crippen LogP contribution < -0.4 is 0 Å². The van der Waals surface area contributed by atoms with Crippen molar-refractivity contribution in [3.8, 4) is 5.75 Å². The average Bonchev–Trinajstić information content (AvgIpc) is 2.30. The van der Waals surface area contributed by atoms with Crippen molar-refractivity contribution < 1.29 is 14.6 Å². The molecule has 1 aromatic rings. The van der Waals surface area contributed by atoms with Gasteiger partial charge in [0.2, 0.25) is 0 Å². The summed E-state index contributed by atoms with van der Waals surface area (Å²) >= 11 is 1.68. The van der Waals surface area contributed by atoms with Crippen LogP contribution in [0.25, 0.3) is 0 Å². The first-order chi connectivity index (χ1) is 7.63. The fourth-order valence-electron chi connectivity index (χ4n) is 1.21. The van der Waals surface area contributed by atoms with E-state index in [0.29, 0.717) is 0 Å². The minimum atomic E-state index is -0.168. The molecule has 88 valence electrons. The summed E-state index contributed by atoms with van der Waals surface area (Å²) in [5.41, 5.74) is 1.14. The van der Waals surface area contributed by atoms with Gasteiger partial charge >= 0.3 is 5.97 Å². The topological polar surface area (TPSA) is 46.5 Å². The molecule has 1 rings (SSSR count). The zero-order valence-corrected chi connectivity index (χ0v) is 10.3. The maximum absolute atomic E-state index is 11.1. The molecule has 3 nitrogen and oxygen atoms in total. The Morgan fingerprint density at radius 1 is 1.44 bits per heavy atom. The molecule has 1 unspecified atom stereocenters. The summed E-state index contributed by atoms with van der Waals surface area (Å²) in [6, 6.07) is 7.09. The molecule has 1 aromatic carbocycles. The van der Waals surface area contributed by atoms with Crippen LogP contribution >= 0.6 is 11.8 Å². The molecule has 0 aliphatic rings. The third kappa shape index (κ3) is 4.14. The quantitative estimate of drug-likeness (QED) is 0.803. The first-order valence-electron chi connectivity index (χ1n) is 5.07. The molecule has 0 saturated heterocycles. The zero-order chi connectivity index (χ0) is 12.0. The number of phenolic OH excluding ortho intramolecular Hbond substituents is 1. The number of aromatic hydroxyl groups is 1. The Kier molecular flexibility index (Phi) is 5.19. The molecule has 4 heteroatoms. The summed E-state index contributed by atoms with van der Waals surface area (Å²) in [7, 11) is 1.41. The van der Waals surface area contributed by atoms with E-state index in [1.165, 1.54) is 7.11 Å². The molecule has 0 heterocycles. The van der Waals surface area contributed by atoms with Gasteiger partial charge in [-0.1, -0.05) is 19.1 Å². The minimum absolute atomic E-state index is 0.0767. The predicted molar refractivity (Wildman–Crippen MR) is 65.4 cm³/mol. The number of carbonyl (C=O) groups excluding carboxylic acids is 1. The van der Waals surface area contributed by atoms with Crippen molar-refractivity contribution in [3.05, 3.63) is 29.8 Å². The number of esters is 1. The fraction of sp³-hybridized carbons (Fsp3) is 0.417. The standard InChI is InChI=1S/C12H16O3S/c1-9(12(14)15-2)7-16-8-10-3-5-11(13)6-4-10/h3-6,9,13H,7-8H2,1-2H3. The summed E-state index contributed by atoms with van der Waals surface area (Å²) in [6.45, 7) is 1.86. The molecule has 0 bridgehead atoms. The van der Waals surface area contributed by atoms with Crippen LogP contribution in [0.3, 0.4) is 0 Å². The van der Waals surface area contributed by atoms with Gasteiger partial charge in [0.15, 0.2) is 0 Å². The lowest BCUT2D eigenvalue weighted by molar-refractivity contribution is -0.143. The number of thioether (sulfide) groups is 1. The molecule has 16 heavy (non-hydrogen) atoms. The molecule has 1 N–H and O–H groups in total. The van der Waals surface area contributed by atoms with E-state index in [0.717, 1.165) is 17.1 Å². The van der Waals surface area contributed by atoms with Crippen molar-refractivity contribution in [1.29, 1.82) is 0 Å². The van der Waals surface area contributed by atoms with Crippen LogP contribution in [0.2, 0.25) is 0 Å². The largest absolute Gasteiger partial charge is 0.508 e. The summed E-state index contributed by atoms with van der Waals surface area (Å²) in [5.74, 6) is 1.61. The number of hydrogen-bond donors (Lipinski definition) is 1. The number of carbonyl (C=O) groups is 1. The number of rotatable bonds is 5. The molecular weight excluding hydrogens is 224 g/mol. The summed E-state index contributed by atoms with van der Waals surface area (Å²) in [5, 5.41) is 9.11. The number of ether oxygens (including phenoxy) is 1. The Balaban J connectivity index is 2.30. The second kappa shape index (κ2) is 6.43. The van der Waals surface area contributed by atoms with Gasteiger partial charge in [-0.05, 0) is 17.7 Å². The number of benzene rings is 1. The number of hydrogen-bond acceptors (Lipinski definition) is 4. The lowest BCUT2D eigenvalue weighted by Gasteiger charge is -2.08. The van der Waals surface area contributed by atoms with Crippen LogP contribution in [0.4, 0.5) is 0 Å². The lowest BCUT2D eigenvalue weighted by atomic mass is 10.2. The van der Waals surface area contributed by atoms with E-state index in [1.807, 2.05) is 19.1 Å². The van der Waals surface area contributed by atoms with E-state index in [-0.39, 0.29) is 17.6 Å². The van der Waals surface area contributed by atoms with Crippen LogP contribution in [-0.2, 0) is 15.3 Å². The predicted octanol–water partition coefficient (Wildman–Crippen LogP) is 2.43. The monoisotopic (exact) mass is 240 g/mol. The molecule has 0 fully saturated rings. The Morgan fingerprint density at radius 3 is 2.62 bits per heavy atom. The first-order valence-corrected chi connectivity index (χ1v) is 6.22. The molecular formula is C12H16O3S. The van der Waals surface area contributed by atoms with Crippen LogP contribution in [0.5, 0.6) is 5.75 Å². The van der Waals surface area contributed by atoms with Crippen LogP contribution in [0.1, 0.15) is 12.5 Å². The van der Waals surface area contributed by atoms with Crippen LogP contribution in [0, 0.1) is 5.92 Å². The SMILES string of the molecule is COC(=O)C(C)CSCc1ccc(O)cc1. The van der Waals surface area contributed by atoms with Gasteiger partial charge in [0.05, 0.1) is 13.0 Å². The lowest BCUT2D eigenvalue weighted by Crippen LogP contribution is -2.14. The maximum atomic E-state index is 11.1. The van der Waals surface area contributed by atoms with E-state index in [2.05, 4.69) is 4.74 Å². The van der Waals surface area contributed by atoms with Crippen molar-refractivity contribution in [2.24, 2.45) is 5.92 Å². The summed E-state index contributed by atoms with van der Waals surface area (Å²) in [6.07, 6.45) is 0. The van der Waals surface area contributed by atoms with Crippen molar-refractivity contribution in [2.75, 3.05) is 12.9 Å². The van der Waals surface area contributed by atoms with Gasteiger partial charge in [-0.15, -0.1) is 0 Å². The molecule has 1 atom stereocenters. The highest BCUT2D eigenvalue weighted by Gasteiger charge is 2.12. The highest BCUT2D eigenvalue weighted by Crippen LogP contribution is 2.18. The minimum Gasteiger partial charge on any atom is -0.508 e.